The summed E-state index contributed by atoms with van der Waals surface area (Å²) in [7, 11) is 0. The van der Waals surface area contributed by atoms with Crippen molar-refractivity contribution in [3.63, 3.8) is 0 Å². The fourth-order valence-corrected chi connectivity index (χ4v) is 4.73. The van der Waals surface area contributed by atoms with Crippen molar-refractivity contribution in [3.8, 4) is 0 Å². The SMILES string of the molecule is CCCC[C@H](C(=O)OCC(=O)Nc1ccc(C)c([N+](=O)[O-])c1)N1C(=O)c2c(Cl)c(Cl)c(Cl)c(Cl)c2C1=O. The molecule has 0 unspecified atom stereocenters. The lowest BCUT2D eigenvalue weighted by atomic mass is 10.1. The van der Waals surface area contributed by atoms with Gasteiger partial charge in [0, 0.05) is 17.3 Å². The van der Waals surface area contributed by atoms with Crippen LogP contribution in [0.15, 0.2) is 18.2 Å². The Kier molecular flexibility index (Phi) is 9.01. The van der Waals surface area contributed by atoms with Crippen LogP contribution in [0.3, 0.4) is 0 Å². The van der Waals surface area contributed by atoms with Gasteiger partial charge in [0.2, 0.25) is 0 Å². The van der Waals surface area contributed by atoms with E-state index in [2.05, 4.69) is 5.32 Å². The summed E-state index contributed by atoms with van der Waals surface area (Å²) in [4.78, 5) is 62.8. The van der Waals surface area contributed by atoms with E-state index in [-0.39, 0.29) is 49.0 Å². The molecule has 1 atom stereocenters. The van der Waals surface area contributed by atoms with Gasteiger partial charge < -0.3 is 10.1 Å². The van der Waals surface area contributed by atoms with Crippen LogP contribution in [0.2, 0.25) is 20.1 Å². The molecule has 0 aliphatic carbocycles. The van der Waals surface area contributed by atoms with Crippen LogP contribution < -0.4 is 5.32 Å². The number of hydrogen-bond donors (Lipinski definition) is 1. The average molecular weight is 591 g/mol. The maximum absolute atomic E-state index is 13.2. The summed E-state index contributed by atoms with van der Waals surface area (Å²) >= 11 is 24.4. The molecule has 2 aromatic rings. The number of halogens is 4. The molecule has 0 saturated carbocycles. The summed E-state index contributed by atoms with van der Waals surface area (Å²) in [6.07, 6.45) is 1.11. The fourth-order valence-electron chi connectivity index (χ4n) is 3.71. The molecular weight excluding hydrogens is 572 g/mol. The molecule has 2 aromatic carbocycles. The minimum absolute atomic E-state index is 0.0449. The van der Waals surface area contributed by atoms with Gasteiger partial charge in [-0.2, -0.15) is 0 Å². The summed E-state index contributed by atoms with van der Waals surface area (Å²) in [5, 5.41) is 12.5. The van der Waals surface area contributed by atoms with Gasteiger partial charge in [-0.15, -0.1) is 0 Å². The lowest BCUT2D eigenvalue weighted by molar-refractivity contribution is -0.385. The van der Waals surface area contributed by atoms with Crippen molar-refractivity contribution in [1.29, 1.82) is 0 Å². The van der Waals surface area contributed by atoms with Crippen molar-refractivity contribution in [2.75, 3.05) is 11.9 Å². The van der Waals surface area contributed by atoms with Gasteiger partial charge in [-0.05, 0) is 19.4 Å². The first kappa shape index (κ1) is 28.6. The zero-order valence-electron chi connectivity index (χ0n) is 19.4. The van der Waals surface area contributed by atoms with Crippen molar-refractivity contribution >= 4 is 81.5 Å². The first-order chi connectivity index (χ1) is 17.4. The van der Waals surface area contributed by atoms with E-state index in [9.17, 15) is 29.3 Å². The van der Waals surface area contributed by atoms with Gasteiger partial charge in [0.25, 0.3) is 23.4 Å². The van der Waals surface area contributed by atoms with Crippen molar-refractivity contribution in [3.05, 3.63) is 65.1 Å². The fraction of sp³-hybridized carbons (Fsp3) is 0.304. The molecule has 0 aromatic heterocycles. The number of carbonyl (C=O) groups is 4. The van der Waals surface area contributed by atoms with Crippen molar-refractivity contribution in [1.82, 2.24) is 4.90 Å². The molecule has 1 aliphatic rings. The van der Waals surface area contributed by atoms with E-state index in [4.69, 9.17) is 51.1 Å². The number of nitro benzene ring substituents is 1. The number of benzene rings is 2. The second-order valence-corrected chi connectivity index (χ2v) is 9.57. The van der Waals surface area contributed by atoms with Crippen LogP contribution in [0, 0.1) is 17.0 Å². The Morgan fingerprint density at radius 1 is 1.05 bits per heavy atom. The van der Waals surface area contributed by atoms with Crippen molar-refractivity contribution in [2.24, 2.45) is 0 Å². The molecule has 0 bridgehead atoms. The predicted molar refractivity (Wildman–Crippen MR) is 138 cm³/mol. The molecule has 1 N–H and O–H groups in total. The Bertz CT molecular complexity index is 1290. The molecule has 1 heterocycles. The summed E-state index contributed by atoms with van der Waals surface area (Å²) in [6.45, 7) is 2.61. The number of imide groups is 1. The van der Waals surface area contributed by atoms with E-state index in [1.54, 1.807) is 6.92 Å². The Balaban J connectivity index is 1.79. The van der Waals surface area contributed by atoms with E-state index in [0.717, 1.165) is 0 Å². The Hall–Kier alpha value is -2.92. The molecule has 10 nitrogen and oxygen atoms in total. The van der Waals surface area contributed by atoms with Crippen LogP contribution in [0.5, 0.6) is 0 Å². The van der Waals surface area contributed by atoms with Gasteiger partial charge in [-0.1, -0.05) is 72.2 Å². The molecule has 0 saturated heterocycles. The monoisotopic (exact) mass is 589 g/mol. The highest BCUT2D eigenvalue weighted by molar-refractivity contribution is 6.55. The molecule has 37 heavy (non-hydrogen) atoms. The molecule has 3 amide bonds. The van der Waals surface area contributed by atoms with Crippen molar-refractivity contribution < 1.29 is 28.8 Å². The highest BCUT2D eigenvalue weighted by Gasteiger charge is 2.47. The van der Waals surface area contributed by atoms with Gasteiger partial charge in [0.1, 0.15) is 6.04 Å². The third kappa shape index (κ3) is 5.67. The predicted octanol–water partition coefficient (Wildman–Crippen LogP) is 5.85. The summed E-state index contributed by atoms with van der Waals surface area (Å²) in [5.41, 5.74) is -0.230. The maximum Gasteiger partial charge on any atom is 0.329 e. The number of esters is 1. The highest BCUT2D eigenvalue weighted by atomic mass is 35.5. The standard InChI is InChI=1S/C23H19Cl4N3O7/c1-3-4-5-12(29-21(32)15-16(22(29)33)18(25)20(27)19(26)17(15)24)23(34)37-9-14(31)28-11-7-6-10(2)13(8-11)30(35)36/h6-8,12H,3-5,9H2,1-2H3,(H,28,31)/t12-/m1/s1. The van der Waals surface area contributed by atoms with Gasteiger partial charge in [0.05, 0.1) is 36.1 Å². The number of nitro groups is 1. The molecule has 3 rings (SSSR count). The van der Waals surface area contributed by atoms with Crippen LogP contribution in [-0.2, 0) is 14.3 Å². The van der Waals surface area contributed by atoms with Crippen LogP contribution in [-0.4, -0.2) is 46.2 Å². The Morgan fingerprint density at radius 3 is 2.14 bits per heavy atom. The van der Waals surface area contributed by atoms with Crippen LogP contribution >= 0.6 is 46.4 Å². The third-order valence-electron chi connectivity index (χ3n) is 5.58. The molecule has 196 valence electrons. The van der Waals surface area contributed by atoms with Crippen LogP contribution in [0.25, 0.3) is 0 Å². The minimum atomic E-state index is -1.38. The number of amides is 3. The molecular formula is C23H19Cl4N3O7. The second kappa shape index (κ2) is 11.6. The van der Waals surface area contributed by atoms with Gasteiger partial charge in [-0.25, -0.2) is 4.79 Å². The lowest BCUT2D eigenvalue weighted by Crippen LogP contribution is -2.46. The normalized spacial score (nSPS) is 13.4. The molecule has 14 heteroatoms. The molecule has 1 aliphatic heterocycles. The maximum atomic E-state index is 13.2. The topological polar surface area (TPSA) is 136 Å². The van der Waals surface area contributed by atoms with Crippen molar-refractivity contribution in [2.45, 2.75) is 39.2 Å². The number of nitrogens with one attached hydrogen (secondary N) is 1. The van der Waals surface area contributed by atoms with E-state index < -0.39 is 41.3 Å². The van der Waals surface area contributed by atoms with Crippen LogP contribution in [0.4, 0.5) is 11.4 Å². The largest absolute Gasteiger partial charge is 0.454 e. The average Bonchev–Trinajstić information content (AvgIpc) is 3.11. The number of rotatable bonds is 9. The minimum Gasteiger partial charge on any atom is -0.454 e. The summed E-state index contributed by atoms with van der Waals surface area (Å²) in [5.74, 6) is -3.61. The van der Waals surface area contributed by atoms with Gasteiger partial charge in [-0.3, -0.25) is 29.4 Å². The summed E-state index contributed by atoms with van der Waals surface area (Å²) in [6, 6.07) is 2.69. The van der Waals surface area contributed by atoms with Crippen LogP contribution in [0.1, 0.15) is 52.5 Å². The molecule has 0 spiro atoms. The van der Waals surface area contributed by atoms with E-state index in [1.807, 2.05) is 6.92 Å². The second-order valence-electron chi connectivity index (χ2n) is 8.06. The smallest absolute Gasteiger partial charge is 0.329 e. The van der Waals surface area contributed by atoms with E-state index >= 15 is 0 Å². The summed E-state index contributed by atoms with van der Waals surface area (Å²) < 4.78 is 5.10. The molecule has 0 radical (unpaired) electrons. The number of anilines is 1. The quantitative estimate of drug-likeness (QED) is 0.0965. The number of aryl methyl sites for hydroxylation is 1. The zero-order chi connectivity index (χ0) is 27.6. The highest BCUT2D eigenvalue weighted by Crippen LogP contribution is 2.45. The number of fused-ring (bicyclic) bond motifs is 1. The number of ether oxygens (including phenoxy) is 1. The first-order valence-electron chi connectivity index (χ1n) is 10.9. The lowest BCUT2D eigenvalue weighted by Gasteiger charge is -2.24. The van der Waals surface area contributed by atoms with E-state index in [1.165, 1.54) is 18.2 Å². The van der Waals surface area contributed by atoms with E-state index in [0.29, 0.717) is 23.3 Å². The Morgan fingerprint density at radius 2 is 1.62 bits per heavy atom. The number of hydrogen-bond acceptors (Lipinski definition) is 7. The zero-order valence-corrected chi connectivity index (χ0v) is 22.4. The Labute approximate surface area is 230 Å². The van der Waals surface area contributed by atoms with Gasteiger partial charge >= 0.3 is 5.97 Å². The number of carbonyl (C=O) groups excluding carboxylic acids is 4. The third-order valence-corrected chi connectivity index (χ3v) is 7.38. The number of nitrogens with zero attached hydrogens (tertiary/aromatic N) is 2. The molecule has 0 fully saturated rings. The van der Waals surface area contributed by atoms with Gasteiger partial charge in [0.15, 0.2) is 6.61 Å². The first-order valence-corrected chi connectivity index (χ1v) is 12.4. The number of unbranched alkanes of at least 4 members (excludes halogenated alkanes) is 1.